The Bertz CT molecular complexity index is 699. The molecule has 0 radical (unpaired) electrons. The molecule has 2 aromatic rings. The van der Waals surface area contributed by atoms with Crippen molar-refractivity contribution in [2.75, 3.05) is 0 Å². The van der Waals surface area contributed by atoms with Crippen molar-refractivity contribution in [1.29, 1.82) is 0 Å². The summed E-state index contributed by atoms with van der Waals surface area (Å²) in [5.41, 5.74) is 0.0536. The first kappa shape index (κ1) is 15.3. The van der Waals surface area contributed by atoms with Gasteiger partial charge in [0, 0.05) is 12.1 Å². The van der Waals surface area contributed by atoms with Gasteiger partial charge < -0.3 is 9.72 Å². The van der Waals surface area contributed by atoms with Gasteiger partial charge in [0.05, 0.1) is 12.5 Å². The van der Waals surface area contributed by atoms with Gasteiger partial charge >= 0.3 is 6.36 Å². The smallest absolute Gasteiger partial charge is 0.405 e. The fourth-order valence-electron chi connectivity index (χ4n) is 1.51. The summed E-state index contributed by atoms with van der Waals surface area (Å²) in [6, 6.07) is 5.26. The zero-order valence-corrected chi connectivity index (χ0v) is 11.2. The van der Waals surface area contributed by atoms with Crippen molar-refractivity contribution < 1.29 is 26.3 Å². The summed E-state index contributed by atoms with van der Waals surface area (Å²) in [5.74, 6) is -0.461. The van der Waals surface area contributed by atoms with Crippen molar-refractivity contribution in [2.45, 2.75) is 17.9 Å². The van der Waals surface area contributed by atoms with E-state index in [0.29, 0.717) is 0 Å². The van der Waals surface area contributed by atoms with E-state index in [9.17, 15) is 21.6 Å². The van der Waals surface area contributed by atoms with Crippen LogP contribution in [0, 0.1) is 0 Å². The maximum atomic E-state index is 12.2. The number of sulfonamides is 1. The molecule has 0 saturated carbocycles. The summed E-state index contributed by atoms with van der Waals surface area (Å²) < 4.78 is 66.4. The Hall–Kier alpha value is -2.07. The van der Waals surface area contributed by atoms with Crippen LogP contribution < -0.4 is 9.46 Å². The molecule has 1 aromatic carbocycles. The summed E-state index contributed by atoms with van der Waals surface area (Å²) in [5, 5.41) is -0.184. The van der Waals surface area contributed by atoms with Crippen molar-refractivity contribution >= 4 is 10.0 Å². The highest BCUT2D eigenvalue weighted by Crippen LogP contribution is 2.26. The van der Waals surface area contributed by atoms with Crippen LogP contribution in [0.25, 0.3) is 0 Å². The molecule has 1 heterocycles. The van der Waals surface area contributed by atoms with Gasteiger partial charge in [-0.3, -0.25) is 0 Å². The largest absolute Gasteiger partial charge is 0.573 e. The van der Waals surface area contributed by atoms with Crippen molar-refractivity contribution in [1.82, 2.24) is 14.7 Å². The number of alkyl halides is 3. The van der Waals surface area contributed by atoms with Gasteiger partial charge in [0.1, 0.15) is 5.75 Å². The molecule has 0 bridgehead atoms. The van der Waals surface area contributed by atoms with E-state index in [2.05, 4.69) is 19.4 Å². The van der Waals surface area contributed by atoms with Gasteiger partial charge in [-0.05, 0) is 6.07 Å². The van der Waals surface area contributed by atoms with Gasteiger partial charge in [-0.2, -0.15) is 0 Å². The quantitative estimate of drug-likeness (QED) is 0.879. The molecule has 0 aliphatic carbocycles. The Kier molecular flexibility index (Phi) is 4.19. The number of rotatable bonds is 5. The number of benzene rings is 1. The van der Waals surface area contributed by atoms with Gasteiger partial charge in [-0.25, -0.2) is 18.1 Å². The van der Waals surface area contributed by atoms with Crippen LogP contribution in [0.15, 0.2) is 41.8 Å². The van der Waals surface area contributed by atoms with E-state index in [1.807, 2.05) is 0 Å². The molecule has 21 heavy (non-hydrogen) atoms. The summed E-state index contributed by atoms with van der Waals surface area (Å²) >= 11 is 0. The Labute approximate surface area is 118 Å². The van der Waals surface area contributed by atoms with Crippen molar-refractivity contribution in [3.05, 3.63) is 42.4 Å². The van der Waals surface area contributed by atoms with E-state index in [1.165, 1.54) is 24.5 Å². The number of H-pyrrole nitrogens is 1. The molecule has 0 amide bonds. The zero-order valence-electron chi connectivity index (χ0n) is 10.4. The lowest BCUT2D eigenvalue weighted by molar-refractivity contribution is -0.274. The number of para-hydroxylation sites is 1. The summed E-state index contributed by atoms with van der Waals surface area (Å²) in [4.78, 5) is 5.96. The number of aromatic nitrogens is 2. The molecule has 0 unspecified atom stereocenters. The Balaban J connectivity index is 2.14. The van der Waals surface area contributed by atoms with Crippen LogP contribution in [0.2, 0.25) is 0 Å². The molecular weight excluding hydrogens is 311 g/mol. The number of halogens is 3. The first-order chi connectivity index (χ1) is 9.78. The van der Waals surface area contributed by atoms with Crippen LogP contribution in [-0.2, 0) is 16.6 Å². The fourth-order valence-corrected chi connectivity index (χ4v) is 2.42. The molecule has 2 N–H and O–H groups in total. The molecule has 6 nitrogen and oxygen atoms in total. The second-order valence-electron chi connectivity index (χ2n) is 3.90. The third kappa shape index (κ3) is 4.20. The monoisotopic (exact) mass is 321 g/mol. The minimum absolute atomic E-state index is 0.0536. The van der Waals surface area contributed by atoms with Crippen molar-refractivity contribution in [3.8, 4) is 5.75 Å². The molecule has 0 aliphatic rings. The minimum atomic E-state index is -4.85. The average molecular weight is 321 g/mol. The first-order valence-corrected chi connectivity index (χ1v) is 7.08. The van der Waals surface area contributed by atoms with Crippen LogP contribution in [-0.4, -0.2) is 24.7 Å². The Morgan fingerprint density at radius 2 is 2.00 bits per heavy atom. The molecule has 10 heteroatoms. The van der Waals surface area contributed by atoms with E-state index in [0.717, 1.165) is 12.3 Å². The lowest BCUT2D eigenvalue weighted by Crippen LogP contribution is -2.25. The first-order valence-electron chi connectivity index (χ1n) is 5.59. The highest BCUT2D eigenvalue weighted by Gasteiger charge is 2.32. The highest BCUT2D eigenvalue weighted by atomic mass is 32.2. The molecule has 2 rings (SSSR count). The molecule has 0 saturated heterocycles. The summed E-state index contributed by atoms with van der Waals surface area (Å²) in [6.07, 6.45) is -2.59. The van der Waals surface area contributed by atoms with Crippen LogP contribution in [0.5, 0.6) is 5.75 Å². The van der Waals surface area contributed by atoms with E-state index in [-0.39, 0.29) is 17.1 Å². The predicted molar refractivity (Wildman–Crippen MR) is 65.7 cm³/mol. The topological polar surface area (TPSA) is 84.1 Å². The summed E-state index contributed by atoms with van der Waals surface area (Å²) in [7, 11) is -3.88. The second kappa shape index (κ2) is 5.74. The number of ether oxygens (including phenoxy) is 1. The Morgan fingerprint density at radius 1 is 1.29 bits per heavy atom. The molecule has 0 fully saturated rings. The average Bonchev–Trinajstić information content (AvgIpc) is 2.90. The number of nitrogens with zero attached hydrogens (tertiary/aromatic N) is 1. The molecule has 0 atom stereocenters. The van der Waals surface area contributed by atoms with Gasteiger partial charge in [-0.15, -0.1) is 13.2 Å². The predicted octanol–water partition coefficient (Wildman–Crippen LogP) is 1.79. The third-order valence-corrected chi connectivity index (χ3v) is 3.74. The van der Waals surface area contributed by atoms with Crippen LogP contribution in [0.1, 0.15) is 5.56 Å². The van der Waals surface area contributed by atoms with E-state index in [4.69, 9.17) is 0 Å². The van der Waals surface area contributed by atoms with Crippen molar-refractivity contribution in [3.63, 3.8) is 0 Å². The molecule has 0 spiro atoms. The number of hydrogen-bond acceptors (Lipinski definition) is 4. The van der Waals surface area contributed by atoms with Gasteiger partial charge in [0.15, 0.2) is 5.03 Å². The minimum Gasteiger partial charge on any atom is -0.405 e. The zero-order chi connectivity index (χ0) is 15.5. The molecule has 0 aliphatic heterocycles. The number of aromatic amines is 1. The summed E-state index contributed by atoms with van der Waals surface area (Å²) in [6.45, 7) is -0.354. The highest BCUT2D eigenvalue weighted by molar-refractivity contribution is 7.89. The standard InChI is InChI=1S/C11H10F3N3O3S/c12-11(13,14)20-9-4-2-1-3-8(9)5-17-21(18,19)10-6-15-7-16-10/h1-4,6-7,17H,5H2,(H,15,16). The number of hydrogen-bond donors (Lipinski definition) is 2. The maximum absolute atomic E-state index is 12.2. The van der Waals surface area contributed by atoms with Crippen LogP contribution >= 0.6 is 0 Å². The van der Waals surface area contributed by atoms with Gasteiger partial charge in [-0.1, -0.05) is 18.2 Å². The third-order valence-electron chi connectivity index (χ3n) is 2.41. The van der Waals surface area contributed by atoms with Crippen LogP contribution in [0.3, 0.4) is 0 Å². The Morgan fingerprint density at radius 3 is 2.62 bits per heavy atom. The van der Waals surface area contributed by atoms with E-state index >= 15 is 0 Å². The van der Waals surface area contributed by atoms with Gasteiger partial charge in [0.2, 0.25) is 0 Å². The van der Waals surface area contributed by atoms with E-state index < -0.39 is 22.1 Å². The molecule has 114 valence electrons. The molecule has 1 aromatic heterocycles. The van der Waals surface area contributed by atoms with Crippen molar-refractivity contribution in [2.24, 2.45) is 0 Å². The lowest BCUT2D eigenvalue weighted by atomic mass is 10.2. The normalized spacial score (nSPS) is 12.3. The van der Waals surface area contributed by atoms with E-state index in [1.54, 1.807) is 0 Å². The fraction of sp³-hybridized carbons (Fsp3) is 0.182. The number of imidazole rings is 1. The SMILES string of the molecule is O=S(=O)(NCc1ccccc1OC(F)(F)F)c1cnc[nH]1. The number of nitrogens with one attached hydrogen (secondary N) is 2. The van der Waals surface area contributed by atoms with Crippen LogP contribution in [0.4, 0.5) is 13.2 Å². The maximum Gasteiger partial charge on any atom is 0.573 e. The van der Waals surface area contributed by atoms with Gasteiger partial charge in [0.25, 0.3) is 10.0 Å². The molecular formula is C11H10F3N3O3S. The second-order valence-corrected chi connectivity index (χ2v) is 5.63. The lowest BCUT2D eigenvalue weighted by Gasteiger charge is -2.13.